The van der Waals surface area contributed by atoms with Gasteiger partial charge < -0.3 is 25.1 Å². The van der Waals surface area contributed by atoms with Gasteiger partial charge in [-0.05, 0) is 54.4 Å². The Labute approximate surface area is 192 Å². The molecule has 7 heteroatoms. The van der Waals surface area contributed by atoms with Gasteiger partial charge in [0.2, 0.25) is 0 Å². The summed E-state index contributed by atoms with van der Waals surface area (Å²) in [5.41, 5.74) is 5.66. The van der Waals surface area contributed by atoms with Crippen LogP contribution in [0.25, 0.3) is 16.7 Å². The van der Waals surface area contributed by atoms with Crippen LogP contribution in [0.15, 0.2) is 73.4 Å². The lowest BCUT2D eigenvalue weighted by Crippen LogP contribution is -2.07. The normalized spacial score (nSPS) is 10.6. The van der Waals surface area contributed by atoms with Gasteiger partial charge in [0.25, 0.3) is 0 Å². The summed E-state index contributed by atoms with van der Waals surface area (Å²) in [6.45, 7) is 4.64. The van der Waals surface area contributed by atoms with E-state index >= 15 is 0 Å². The van der Waals surface area contributed by atoms with E-state index in [9.17, 15) is 4.79 Å². The molecule has 4 aromatic rings. The SMILES string of the molecule is C=C(OC)c1cc(Nc2ccc(NCCc3c[nH]c4ccccc34)cc2)cc(C(=O)OC)n1. The van der Waals surface area contributed by atoms with E-state index in [1.165, 1.54) is 25.2 Å². The number of fused-ring (bicyclic) bond motifs is 1. The third kappa shape index (κ3) is 5.15. The van der Waals surface area contributed by atoms with Crippen LogP contribution < -0.4 is 10.6 Å². The summed E-state index contributed by atoms with van der Waals surface area (Å²) in [5, 5.41) is 8.02. The van der Waals surface area contributed by atoms with Crippen LogP contribution in [0.1, 0.15) is 21.7 Å². The lowest BCUT2D eigenvalue weighted by atomic mass is 10.1. The molecule has 3 N–H and O–H groups in total. The highest BCUT2D eigenvalue weighted by atomic mass is 16.5. The van der Waals surface area contributed by atoms with E-state index in [4.69, 9.17) is 9.47 Å². The van der Waals surface area contributed by atoms with Crippen LogP contribution in [0.4, 0.5) is 17.1 Å². The summed E-state index contributed by atoms with van der Waals surface area (Å²) < 4.78 is 9.97. The van der Waals surface area contributed by atoms with Crippen molar-refractivity contribution in [3.8, 4) is 0 Å². The Morgan fingerprint density at radius 1 is 0.970 bits per heavy atom. The van der Waals surface area contributed by atoms with Gasteiger partial charge in [-0.2, -0.15) is 0 Å². The Kier molecular flexibility index (Phi) is 6.59. The second-order valence-electron chi connectivity index (χ2n) is 7.48. The molecule has 168 valence electrons. The molecule has 2 aromatic heterocycles. The lowest BCUT2D eigenvalue weighted by Gasteiger charge is -2.12. The van der Waals surface area contributed by atoms with Gasteiger partial charge in [0.15, 0.2) is 5.69 Å². The van der Waals surface area contributed by atoms with Crippen LogP contribution in [0.3, 0.4) is 0 Å². The van der Waals surface area contributed by atoms with Crippen molar-refractivity contribution >= 4 is 39.7 Å². The molecular formula is C26H26N4O3. The fourth-order valence-corrected chi connectivity index (χ4v) is 3.58. The van der Waals surface area contributed by atoms with E-state index in [-0.39, 0.29) is 5.69 Å². The van der Waals surface area contributed by atoms with Gasteiger partial charge in [0, 0.05) is 40.7 Å². The number of esters is 1. The number of hydrogen-bond donors (Lipinski definition) is 3. The van der Waals surface area contributed by atoms with E-state index < -0.39 is 5.97 Å². The molecule has 0 saturated carbocycles. The molecule has 2 heterocycles. The smallest absolute Gasteiger partial charge is 0.356 e. The van der Waals surface area contributed by atoms with Crippen molar-refractivity contribution in [2.45, 2.75) is 6.42 Å². The molecule has 0 atom stereocenters. The minimum absolute atomic E-state index is 0.172. The number of carbonyl (C=O) groups excluding carboxylic acids is 1. The fourth-order valence-electron chi connectivity index (χ4n) is 3.58. The molecule has 0 radical (unpaired) electrons. The average molecular weight is 443 g/mol. The Bertz CT molecular complexity index is 1240. The molecule has 0 saturated heterocycles. The summed E-state index contributed by atoms with van der Waals surface area (Å²) in [6, 6.07) is 19.7. The number of hydrogen-bond acceptors (Lipinski definition) is 6. The number of H-pyrrole nitrogens is 1. The van der Waals surface area contributed by atoms with Crippen molar-refractivity contribution in [1.29, 1.82) is 0 Å². The van der Waals surface area contributed by atoms with E-state index in [0.29, 0.717) is 17.1 Å². The minimum Gasteiger partial charge on any atom is -0.495 e. The molecule has 0 aliphatic heterocycles. The monoisotopic (exact) mass is 442 g/mol. The second kappa shape index (κ2) is 9.91. The van der Waals surface area contributed by atoms with Crippen molar-refractivity contribution in [1.82, 2.24) is 9.97 Å². The largest absolute Gasteiger partial charge is 0.495 e. The molecule has 4 rings (SSSR count). The highest BCUT2D eigenvalue weighted by molar-refractivity contribution is 5.89. The van der Waals surface area contributed by atoms with Gasteiger partial charge in [0.1, 0.15) is 11.5 Å². The number of anilines is 3. The van der Waals surface area contributed by atoms with Gasteiger partial charge in [-0.3, -0.25) is 0 Å². The minimum atomic E-state index is -0.529. The number of rotatable bonds is 9. The third-order valence-electron chi connectivity index (χ3n) is 5.32. The quantitative estimate of drug-likeness (QED) is 0.239. The van der Waals surface area contributed by atoms with Gasteiger partial charge >= 0.3 is 5.97 Å². The molecule has 0 spiro atoms. The summed E-state index contributed by atoms with van der Waals surface area (Å²) >= 11 is 0. The van der Waals surface area contributed by atoms with Crippen molar-refractivity contribution < 1.29 is 14.3 Å². The first-order valence-corrected chi connectivity index (χ1v) is 10.6. The molecule has 0 fully saturated rings. The number of nitrogens with one attached hydrogen (secondary N) is 3. The maximum Gasteiger partial charge on any atom is 0.356 e. The predicted octanol–water partition coefficient (Wildman–Crippen LogP) is 5.36. The predicted molar refractivity (Wildman–Crippen MR) is 132 cm³/mol. The second-order valence-corrected chi connectivity index (χ2v) is 7.48. The van der Waals surface area contributed by atoms with E-state index in [1.807, 2.05) is 30.3 Å². The molecule has 7 nitrogen and oxygen atoms in total. The summed E-state index contributed by atoms with van der Waals surface area (Å²) in [6.07, 6.45) is 2.99. The Hall–Kier alpha value is -4.26. The van der Waals surface area contributed by atoms with Crippen molar-refractivity contribution in [2.24, 2.45) is 0 Å². The third-order valence-corrected chi connectivity index (χ3v) is 5.32. The van der Waals surface area contributed by atoms with Crippen LogP contribution in [-0.2, 0) is 15.9 Å². The molecule has 0 aliphatic carbocycles. The lowest BCUT2D eigenvalue weighted by molar-refractivity contribution is 0.0594. The van der Waals surface area contributed by atoms with Crippen LogP contribution >= 0.6 is 0 Å². The van der Waals surface area contributed by atoms with Gasteiger partial charge in [-0.1, -0.05) is 24.8 Å². The summed E-state index contributed by atoms with van der Waals surface area (Å²) in [5.74, 6) is -0.169. The van der Waals surface area contributed by atoms with Crippen LogP contribution in [-0.4, -0.2) is 36.7 Å². The number of benzene rings is 2. The summed E-state index contributed by atoms with van der Waals surface area (Å²) in [4.78, 5) is 19.6. The maximum atomic E-state index is 12.0. The zero-order valence-electron chi connectivity index (χ0n) is 18.6. The first-order chi connectivity index (χ1) is 16.1. The van der Waals surface area contributed by atoms with Gasteiger partial charge in [-0.25, -0.2) is 9.78 Å². The van der Waals surface area contributed by atoms with Crippen molar-refractivity contribution in [2.75, 3.05) is 31.4 Å². The number of pyridine rings is 1. The van der Waals surface area contributed by atoms with Crippen molar-refractivity contribution in [3.05, 3.63) is 90.4 Å². The Morgan fingerprint density at radius 2 is 1.70 bits per heavy atom. The molecule has 2 aromatic carbocycles. The molecule has 33 heavy (non-hydrogen) atoms. The topological polar surface area (TPSA) is 88.3 Å². The summed E-state index contributed by atoms with van der Waals surface area (Å²) in [7, 11) is 2.82. The van der Waals surface area contributed by atoms with Gasteiger partial charge in [0.05, 0.1) is 14.2 Å². The number of aromatic amines is 1. The number of ether oxygens (including phenoxy) is 2. The van der Waals surface area contributed by atoms with E-state index in [2.05, 4.69) is 51.6 Å². The van der Waals surface area contributed by atoms with E-state index in [1.54, 1.807) is 12.1 Å². The molecule has 0 amide bonds. The number of carbonyl (C=O) groups is 1. The number of aromatic nitrogens is 2. The standard InChI is InChI=1S/C26H26N4O3/c1-17(32-2)24-14-21(15-25(30-24)26(31)33-3)29-20-10-8-19(9-11-20)27-13-12-18-16-28-23-7-5-4-6-22(18)23/h4-11,14-16,27-28H,1,12-13H2,2-3H3,(H,29,30). The zero-order chi connectivity index (χ0) is 23.2. The fraction of sp³-hybridized carbons (Fsp3) is 0.154. The zero-order valence-corrected chi connectivity index (χ0v) is 18.6. The molecular weight excluding hydrogens is 416 g/mol. The number of methoxy groups -OCH3 is 2. The Morgan fingerprint density at radius 3 is 2.45 bits per heavy atom. The Balaban J connectivity index is 1.41. The van der Waals surface area contributed by atoms with Crippen LogP contribution in [0.5, 0.6) is 0 Å². The number of nitrogens with zero attached hydrogens (tertiary/aromatic N) is 1. The van der Waals surface area contributed by atoms with Crippen LogP contribution in [0, 0.1) is 0 Å². The average Bonchev–Trinajstić information content (AvgIpc) is 3.27. The first-order valence-electron chi connectivity index (χ1n) is 10.6. The highest BCUT2D eigenvalue weighted by Gasteiger charge is 2.13. The maximum absolute atomic E-state index is 12.0. The molecule has 0 aliphatic rings. The van der Waals surface area contributed by atoms with Gasteiger partial charge in [-0.15, -0.1) is 0 Å². The van der Waals surface area contributed by atoms with Crippen LogP contribution in [0.2, 0.25) is 0 Å². The molecule has 0 bridgehead atoms. The highest BCUT2D eigenvalue weighted by Crippen LogP contribution is 2.23. The molecule has 0 unspecified atom stereocenters. The number of para-hydroxylation sites is 1. The first kappa shape index (κ1) is 22.0. The van der Waals surface area contributed by atoms with Crippen molar-refractivity contribution in [3.63, 3.8) is 0 Å². The van der Waals surface area contributed by atoms with E-state index in [0.717, 1.165) is 29.9 Å².